The number of aliphatic hydroxyl groups excluding tert-OH is 1. The number of hydrogen-bond donors (Lipinski definition) is 2. The molecule has 2 N–H and O–H groups in total. The maximum absolute atomic E-state index is 14.1. The molecule has 4 aromatic rings. The van der Waals surface area contributed by atoms with Gasteiger partial charge in [0, 0.05) is 25.2 Å². The summed E-state index contributed by atoms with van der Waals surface area (Å²) in [6.07, 6.45) is -2.66. The molecule has 0 saturated heterocycles. The van der Waals surface area contributed by atoms with Crippen molar-refractivity contribution in [3.63, 3.8) is 0 Å². The molecule has 56 heavy (non-hydrogen) atoms. The van der Waals surface area contributed by atoms with Gasteiger partial charge in [-0.1, -0.05) is 86.6 Å². The summed E-state index contributed by atoms with van der Waals surface area (Å²) in [6, 6.07) is 28.5. The van der Waals surface area contributed by atoms with Gasteiger partial charge in [-0.2, -0.15) is 4.31 Å². The number of hydrogen-bond acceptors (Lipinski definition) is 11. The van der Waals surface area contributed by atoms with Crippen LogP contribution in [0.25, 0.3) is 0 Å². The molecule has 1 amide bonds. The van der Waals surface area contributed by atoms with Crippen molar-refractivity contribution in [3.05, 3.63) is 136 Å². The van der Waals surface area contributed by atoms with E-state index in [4.69, 9.17) is 18.5 Å². The fraction of sp³-hybridized carbons (Fsp3) is 0.375. The number of benzene rings is 4. The largest absolute Gasteiger partial charge is 0.481 e. The van der Waals surface area contributed by atoms with Gasteiger partial charge in [0.2, 0.25) is 10.0 Å². The van der Waals surface area contributed by atoms with E-state index in [0.717, 1.165) is 15.4 Å². The topological polar surface area (TPSA) is 184 Å². The van der Waals surface area contributed by atoms with Crippen LogP contribution in [0.3, 0.4) is 0 Å². The van der Waals surface area contributed by atoms with Gasteiger partial charge in [-0.25, -0.2) is 13.2 Å². The van der Waals surface area contributed by atoms with Gasteiger partial charge in [0.15, 0.2) is 6.35 Å². The molecule has 0 bridgehead atoms. The molecule has 0 aromatic heterocycles. The summed E-state index contributed by atoms with van der Waals surface area (Å²) in [7, 11) is -8.03. The Morgan fingerprint density at radius 2 is 1.38 bits per heavy atom. The van der Waals surface area contributed by atoms with E-state index in [1.165, 1.54) is 48.5 Å². The molecule has 0 aliphatic heterocycles. The second-order valence-corrected chi connectivity index (χ2v) is 18.5. The molecule has 0 fully saturated rings. The Morgan fingerprint density at radius 1 is 0.839 bits per heavy atom. The summed E-state index contributed by atoms with van der Waals surface area (Å²) in [4.78, 5) is 23.4. The number of sulfonamides is 1. The number of nitro benzene ring substituents is 1. The van der Waals surface area contributed by atoms with Gasteiger partial charge in [0.25, 0.3) is 5.69 Å². The highest BCUT2D eigenvalue weighted by Gasteiger charge is 2.33. The van der Waals surface area contributed by atoms with Crippen LogP contribution in [-0.2, 0) is 48.0 Å². The molecule has 0 aliphatic rings. The molecule has 0 spiro atoms. The highest BCUT2D eigenvalue weighted by atomic mass is 32.2. The van der Waals surface area contributed by atoms with Gasteiger partial charge in [-0.3, -0.25) is 14.7 Å². The van der Waals surface area contributed by atoms with E-state index < -0.39 is 59.3 Å². The van der Waals surface area contributed by atoms with Gasteiger partial charge in [-0.15, -0.1) is 0 Å². The Balaban J connectivity index is 1.50. The zero-order valence-corrected chi connectivity index (χ0v) is 33.9. The van der Waals surface area contributed by atoms with Crippen molar-refractivity contribution >= 4 is 29.4 Å². The Morgan fingerprint density at radius 3 is 1.86 bits per heavy atom. The molecule has 16 heteroatoms. The molecule has 14 nitrogen and oxygen atoms in total. The Kier molecular flexibility index (Phi) is 15.7. The molecule has 2 atom stereocenters. The van der Waals surface area contributed by atoms with Gasteiger partial charge >= 0.3 is 13.7 Å². The fourth-order valence-corrected chi connectivity index (χ4v) is 8.22. The summed E-state index contributed by atoms with van der Waals surface area (Å²) in [5, 5.41) is 25.3. The minimum atomic E-state index is -4.21. The average Bonchev–Trinajstić information content (AvgIpc) is 3.15. The second kappa shape index (κ2) is 20.0. The first-order chi connectivity index (χ1) is 26.4. The lowest BCUT2D eigenvalue weighted by Crippen LogP contribution is -2.51. The Bertz CT molecular complexity index is 1960. The summed E-state index contributed by atoms with van der Waals surface area (Å²) in [6.45, 7) is 8.38. The van der Waals surface area contributed by atoms with Gasteiger partial charge in [0.1, 0.15) is 11.4 Å². The molecular formula is C40H50N3O11PS. The van der Waals surface area contributed by atoms with Crippen LogP contribution >= 0.6 is 7.60 Å². The summed E-state index contributed by atoms with van der Waals surface area (Å²) < 4.78 is 65.9. The van der Waals surface area contributed by atoms with Crippen LogP contribution in [0.15, 0.2) is 114 Å². The van der Waals surface area contributed by atoms with Gasteiger partial charge in [-0.05, 0) is 74.1 Å². The molecule has 0 heterocycles. The van der Waals surface area contributed by atoms with Crippen LogP contribution < -0.4 is 10.1 Å². The van der Waals surface area contributed by atoms with Crippen molar-refractivity contribution < 1.29 is 46.3 Å². The van der Waals surface area contributed by atoms with Crippen LogP contribution in [0.1, 0.15) is 51.3 Å². The number of non-ortho nitro benzene ring substituents is 1. The highest BCUT2D eigenvalue weighted by Crippen LogP contribution is 2.49. The maximum atomic E-state index is 14.1. The van der Waals surface area contributed by atoms with Crippen LogP contribution in [0.4, 0.5) is 10.5 Å². The highest BCUT2D eigenvalue weighted by molar-refractivity contribution is 7.89. The number of carbonyl (C=O) groups excluding carboxylic acids is 1. The first-order valence-corrected chi connectivity index (χ1v) is 21.2. The van der Waals surface area contributed by atoms with E-state index in [-0.39, 0.29) is 48.4 Å². The number of nitro groups is 1. The fourth-order valence-electron chi connectivity index (χ4n) is 5.38. The van der Waals surface area contributed by atoms with E-state index in [2.05, 4.69) is 5.32 Å². The molecular weight excluding hydrogens is 761 g/mol. The number of carbonyl (C=O) groups is 1. The van der Waals surface area contributed by atoms with Crippen LogP contribution in [-0.4, -0.2) is 66.0 Å². The standard InChI is InChI=1S/C40H50N3O11PS/c1-30(2)25-42(26-38(44)37(41-39(45)54-40(3,4)5)24-31-16-18-34(19-17-31)43(46)47)56(49,50)36-22-20-35(21-23-36)51-29-55(48,52-27-32-12-8-6-9-13-32)53-28-33-14-10-7-11-15-33/h6-23,30,37-38,44H,24-29H2,1-5H3,(H,41,45)/t37-,38+/m0/s1. The Hall–Kier alpha value is -4.63. The first kappa shape index (κ1) is 44.1. The molecule has 302 valence electrons. The first-order valence-electron chi connectivity index (χ1n) is 18.0. The lowest BCUT2D eigenvalue weighted by molar-refractivity contribution is -0.384. The normalized spacial score (nSPS) is 13.3. The van der Waals surface area contributed by atoms with Crippen LogP contribution in [0.5, 0.6) is 5.75 Å². The zero-order valence-electron chi connectivity index (χ0n) is 32.1. The van der Waals surface area contributed by atoms with Crippen molar-refractivity contribution in [2.75, 3.05) is 19.4 Å². The van der Waals surface area contributed by atoms with E-state index in [1.54, 1.807) is 20.8 Å². The third kappa shape index (κ3) is 14.1. The summed E-state index contributed by atoms with van der Waals surface area (Å²) in [5.41, 5.74) is 1.17. The van der Waals surface area contributed by atoms with Crippen molar-refractivity contribution in [2.24, 2.45) is 5.92 Å². The van der Waals surface area contributed by atoms with E-state index >= 15 is 0 Å². The lowest BCUT2D eigenvalue weighted by Gasteiger charge is -2.31. The number of nitrogens with one attached hydrogen (secondary N) is 1. The van der Waals surface area contributed by atoms with Crippen LogP contribution in [0, 0.1) is 16.0 Å². The van der Waals surface area contributed by atoms with Crippen molar-refractivity contribution in [1.29, 1.82) is 0 Å². The van der Waals surface area contributed by atoms with Gasteiger partial charge in [0.05, 0.1) is 35.2 Å². The molecule has 0 aliphatic carbocycles. The molecule has 4 aromatic carbocycles. The zero-order chi connectivity index (χ0) is 40.9. The van der Waals surface area contributed by atoms with Crippen molar-refractivity contribution in [3.8, 4) is 5.75 Å². The number of ether oxygens (including phenoxy) is 2. The number of rotatable bonds is 20. The van der Waals surface area contributed by atoms with Crippen molar-refractivity contribution in [2.45, 2.75) is 76.9 Å². The number of aliphatic hydroxyl groups is 1. The smallest absolute Gasteiger partial charge is 0.407 e. The number of amides is 1. The predicted octanol–water partition coefficient (Wildman–Crippen LogP) is 7.70. The molecule has 0 unspecified atom stereocenters. The molecule has 0 saturated carbocycles. The second-order valence-electron chi connectivity index (χ2n) is 14.5. The number of nitrogens with zero attached hydrogens (tertiary/aromatic N) is 2. The SMILES string of the molecule is CC(C)CN(C[C@@H](O)[C@H](Cc1ccc([N+](=O)[O-])cc1)NC(=O)OC(C)(C)C)S(=O)(=O)c1ccc(OCP(=O)(OCc2ccccc2)OCc2ccccc2)cc1. The van der Waals surface area contributed by atoms with E-state index in [1.807, 2.05) is 74.5 Å². The van der Waals surface area contributed by atoms with E-state index in [9.17, 15) is 33.0 Å². The average molecular weight is 812 g/mol. The molecule has 0 radical (unpaired) electrons. The van der Waals surface area contributed by atoms with Crippen LogP contribution in [0.2, 0.25) is 0 Å². The Labute approximate surface area is 328 Å². The van der Waals surface area contributed by atoms with Gasteiger partial charge < -0.3 is 28.9 Å². The maximum Gasteiger partial charge on any atom is 0.407 e. The quantitative estimate of drug-likeness (QED) is 0.0507. The minimum Gasteiger partial charge on any atom is -0.481 e. The van der Waals surface area contributed by atoms with Crippen molar-refractivity contribution in [1.82, 2.24) is 9.62 Å². The summed E-state index contributed by atoms with van der Waals surface area (Å²) in [5.74, 6) is 0.0726. The minimum absolute atomic E-state index is 0.0208. The summed E-state index contributed by atoms with van der Waals surface area (Å²) >= 11 is 0. The predicted molar refractivity (Wildman–Crippen MR) is 212 cm³/mol. The lowest BCUT2D eigenvalue weighted by atomic mass is 10.0. The third-order valence-corrected chi connectivity index (χ3v) is 11.5. The third-order valence-electron chi connectivity index (χ3n) is 8.12. The molecule has 4 rings (SSSR count). The monoisotopic (exact) mass is 811 g/mol. The number of alkyl carbamates (subject to hydrolysis) is 1. The van der Waals surface area contributed by atoms with E-state index in [0.29, 0.717) is 5.56 Å².